The van der Waals surface area contributed by atoms with E-state index in [1.165, 1.54) is 0 Å². The molecule has 0 aromatic carbocycles. The van der Waals surface area contributed by atoms with Gasteiger partial charge in [-0.2, -0.15) is 0 Å². The number of rotatable bonds is 2. The van der Waals surface area contributed by atoms with E-state index in [9.17, 15) is 9.90 Å². The quantitative estimate of drug-likeness (QED) is 0.480. The molecule has 0 fully saturated rings. The van der Waals surface area contributed by atoms with Crippen LogP contribution in [-0.2, 0) is 18.4 Å². The summed E-state index contributed by atoms with van der Waals surface area (Å²) in [6, 6.07) is 0. The number of carboxylic acid groups (broad SMARTS) is 1. The van der Waals surface area contributed by atoms with Crippen LogP contribution in [0.2, 0.25) is 0 Å². The van der Waals surface area contributed by atoms with Crippen LogP contribution in [0.25, 0.3) is 0 Å². The Morgan fingerprint density at radius 3 is 2.82 bits per heavy atom. The zero-order valence-electron chi connectivity index (χ0n) is 6.57. The molecule has 60 valence electrons. The highest BCUT2D eigenvalue weighted by Gasteiger charge is 2.07. The number of carbonyl (C=O) groups excluding carboxylic acids is 1. The van der Waals surface area contributed by atoms with E-state index in [0.717, 1.165) is 5.82 Å². The number of aromatic nitrogens is 2. The average Bonchev–Trinajstić information content (AvgIpc) is 2.18. The minimum absolute atomic E-state index is 0.0767. The third-order valence-electron chi connectivity index (χ3n) is 1.70. The van der Waals surface area contributed by atoms with Gasteiger partial charge >= 0.3 is 0 Å². The second kappa shape index (κ2) is 2.74. The molecule has 0 bridgehead atoms. The zero-order valence-corrected chi connectivity index (χ0v) is 6.57. The van der Waals surface area contributed by atoms with E-state index in [0.29, 0.717) is 0 Å². The van der Waals surface area contributed by atoms with E-state index in [1.54, 1.807) is 17.0 Å². The molecular weight excluding hydrogens is 144 g/mol. The van der Waals surface area contributed by atoms with Crippen LogP contribution < -0.4 is 9.67 Å². The van der Waals surface area contributed by atoms with Gasteiger partial charge in [0.15, 0.2) is 0 Å². The molecule has 0 spiro atoms. The van der Waals surface area contributed by atoms with Crippen molar-refractivity contribution in [3.8, 4) is 0 Å². The number of hydrogen-bond acceptors (Lipinski definition) is 2. The van der Waals surface area contributed by atoms with Gasteiger partial charge in [0, 0.05) is 6.92 Å². The van der Waals surface area contributed by atoms with Crippen molar-refractivity contribution < 1.29 is 14.5 Å². The maximum atomic E-state index is 10.2. The summed E-state index contributed by atoms with van der Waals surface area (Å²) < 4.78 is 3.47. The first-order chi connectivity index (χ1) is 5.11. The molecule has 0 radical (unpaired) electrons. The number of aryl methyl sites for hydroxylation is 1. The summed E-state index contributed by atoms with van der Waals surface area (Å²) in [5.74, 6) is -0.168. The van der Waals surface area contributed by atoms with Crippen LogP contribution in [0.15, 0.2) is 12.4 Å². The summed E-state index contributed by atoms with van der Waals surface area (Å²) >= 11 is 0. The fourth-order valence-electron chi connectivity index (χ4n) is 0.905. The molecule has 1 heterocycles. The van der Waals surface area contributed by atoms with Crippen molar-refractivity contribution >= 4 is 5.97 Å². The molecule has 0 atom stereocenters. The number of carboxylic acids is 1. The lowest BCUT2D eigenvalue weighted by atomic mass is 10.6. The Morgan fingerprint density at radius 2 is 2.45 bits per heavy atom. The van der Waals surface area contributed by atoms with Gasteiger partial charge in [0.05, 0.1) is 13.0 Å². The monoisotopic (exact) mass is 154 g/mol. The Bertz CT molecular complexity index is 278. The maximum absolute atomic E-state index is 10.2. The molecule has 1 aromatic rings. The zero-order chi connectivity index (χ0) is 8.43. The molecule has 0 N–H and O–H groups in total. The lowest BCUT2D eigenvalue weighted by Crippen LogP contribution is -2.32. The van der Waals surface area contributed by atoms with Gasteiger partial charge in [-0.25, -0.2) is 9.13 Å². The van der Waals surface area contributed by atoms with Gasteiger partial charge in [-0.15, -0.1) is 0 Å². The van der Waals surface area contributed by atoms with Crippen molar-refractivity contribution in [2.45, 2.75) is 13.5 Å². The van der Waals surface area contributed by atoms with Gasteiger partial charge in [0.1, 0.15) is 18.9 Å². The minimum Gasteiger partial charge on any atom is -0.546 e. The van der Waals surface area contributed by atoms with Crippen LogP contribution in [0.4, 0.5) is 0 Å². The largest absolute Gasteiger partial charge is 0.546 e. The molecule has 0 aliphatic rings. The molecule has 0 saturated heterocycles. The average molecular weight is 154 g/mol. The van der Waals surface area contributed by atoms with Crippen LogP contribution in [0.5, 0.6) is 0 Å². The highest BCUT2D eigenvalue weighted by molar-refractivity contribution is 5.64. The van der Waals surface area contributed by atoms with Gasteiger partial charge in [-0.05, 0) is 0 Å². The molecule has 0 amide bonds. The van der Waals surface area contributed by atoms with Crippen molar-refractivity contribution in [2.75, 3.05) is 0 Å². The smallest absolute Gasteiger partial charge is 0.253 e. The highest BCUT2D eigenvalue weighted by atomic mass is 16.4. The molecule has 0 aliphatic heterocycles. The van der Waals surface area contributed by atoms with Crippen LogP contribution in [0, 0.1) is 6.92 Å². The predicted molar refractivity (Wildman–Crippen MR) is 35.4 cm³/mol. The fourth-order valence-corrected chi connectivity index (χ4v) is 0.905. The van der Waals surface area contributed by atoms with Gasteiger partial charge < -0.3 is 9.90 Å². The maximum Gasteiger partial charge on any atom is 0.253 e. The summed E-state index contributed by atoms with van der Waals surface area (Å²) in [7, 11) is 1.86. The van der Waals surface area contributed by atoms with Crippen LogP contribution in [-0.4, -0.2) is 10.5 Å². The van der Waals surface area contributed by atoms with E-state index in [-0.39, 0.29) is 6.54 Å². The van der Waals surface area contributed by atoms with Gasteiger partial charge in [0.25, 0.3) is 5.82 Å². The topological polar surface area (TPSA) is 48.9 Å². The fraction of sp³-hybridized carbons (Fsp3) is 0.429. The lowest BCUT2D eigenvalue weighted by Gasteiger charge is -1.98. The van der Waals surface area contributed by atoms with Crippen molar-refractivity contribution in [3.63, 3.8) is 0 Å². The normalized spacial score (nSPS) is 10.0. The van der Waals surface area contributed by atoms with Crippen molar-refractivity contribution in [1.82, 2.24) is 4.57 Å². The second-order valence-corrected chi connectivity index (χ2v) is 2.46. The number of hydrogen-bond donors (Lipinski definition) is 0. The third kappa shape index (κ3) is 1.58. The first kappa shape index (κ1) is 7.78. The molecule has 0 unspecified atom stereocenters. The minimum atomic E-state index is -1.07. The number of aliphatic carboxylic acids is 1. The van der Waals surface area contributed by atoms with Gasteiger partial charge in [-0.1, -0.05) is 0 Å². The van der Waals surface area contributed by atoms with Gasteiger partial charge in [-0.3, -0.25) is 0 Å². The molecule has 4 heteroatoms. The van der Waals surface area contributed by atoms with Crippen LogP contribution in [0.3, 0.4) is 0 Å². The Hall–Kier alpha value is -1.32. The van der Waals surface area contributed by atoms with Crippen molar-refractivity contribution in [3.05, 3.63) is 18.2 Å². The standard InChI is InChI=1S/C7H10N2O2/c1-6-8(2)3-4-9(6)5-7(10)11/h3-4H,5H2,1-2H3. The summed E-state index contributed by atoms with van der Waals surface area (Å²) in [5, 5.41) is 10.2. The Morgan fingerprint density at radius 1 is 1.82 bits per heavy atom. The SMILES string of the molecule is Cc1n(CC(=O)[O-])cc[n+]1C. The van der Waals surface area contributed by atoms with E-state index >= 15 is 0 Å². The summed E-state index contributed by atoms with van der Waals surface area (Å²) in [4.78, 5) is 10.2. The van der Waals surface area contributed by atoms with E-state index in [1.807, 2.05) is 18.5 Å². The van der Waals surface area contributed by atoms with Crippen molar-refractivity contribution in [2.24, 2.45) is 7.05 Å². The summed E-state index contributed by atoms with van der Waals surface area (Å²) in [6.07, 6.45) is 3.52. The van der Waals surface area contributed by atoms with Crippen LogP contribution >= 0.6 is 0 Å². The molecule has 1 aromatic heterocycles. The molecular formula is C7H10N2O2. The molecule has 0 saturated carbocycles. The number of imidazole rings is 1. The molecule has 0 aliphatic carbocycles. The summed E-state index contributed by atoms with van der Waals surface area (Å²) in [6.45, 7) is 1.77. The Labute approximate surface area is 64.7 Å². The van der Waals surface area contributed by atoms with E-state index in [4.69, 9.17) is 0 Å². The highest BCUT2D eigenvalue weighted by Crippen LogP contribution is 1.90. The Kier molecular flexibility index (Phi) is 1.94. The number of nitrogens with zero attached hydrogens (tertiary/aromatic N) is 2. The van der Waals surface area contributed by atoms with Crippen LogP contribution in [0.1, 0.15) is 5.82 Å². The molecule has 11 heavy (non-hydrogen) atoms. The lowest BCUT2D eigenvalue weighted by molar-refractivity contribution is -0.677. The molecule has 4 nitrogen and oxygen atoms in total. The third-order valence-corrected chi connectivity index (χ3v) is 1.70. The molecule has 1 rings (SSSR count). The van der Waals surface area contributed by atoms with E-state index < -0.39 is 5.97 Å². The second-order valence-electron chi connectivity index (χ2n) is 2.46. The Balaban J connectivity index is 2.87. The van der Waals surface area contributed by atoms with Gasteiger partial charge in [0.2, 0.25) is 0 Å². The predicted octanol–water partition coefficient (Wildman–Crippen LogP) is -1.63. The first-order valence-electron chi connectivity index (χ1n) is 3.32. The van der Waals surface area contributed by atoms with E-state index in [2.05, 4.69) is 0 Å². The van der Waals surface area contributed by atoms with Crippen molar-refractivity contribution in [1.29, 1.82) is 0 Å². The first-order valence-corrected chi connectivity index (χ1v) is 3.32. The summed E-state index contributed by atoms with van der Waals surface area (Å²) in [5.41, 5.74) is 0. The number of carbonyl (C=O) groups is 1.